The van der Waals surface area contributed by atoms with Crippen LogP contribution in [0.3, 0.4) is 0 Å². The molecule has 3 N–H and O–H groups in total. The number of fused-ring (bicyclic) bond motifs is 1. The number of hydrogen-bond donors (Lipinski definition) is 3. The summed E-state index contributed by atoms with van der Waals surface area (Å²) in [4.78, 5) is 19.2. The summed E-state index contributed by atoms with van der Waals surface area (Å²) >= 11 is 0. The average Bonchev–Trinajstić information content (AvgIpc) is 3.07. The van der Waals surface area contributed by atoms with E-state index < -0.39 is 0 Å². The van der Waals surface area contributed by atoms with Gasteiger partial charge in [0.15, 0.2) is 0 Å². The summed E-state index contributed by atoms with van der Waals surface area (Å²) in [6.07, 6.45) is 3.82. The molecule has 0 spiro atoms. The zero-order valence-electron chi connectivity index (χ0n) is 10.2. The summed E-state index contributed by atoms with van der Waals surface area (Å²) in [5.41, 5.74) is 1.62. The largest absolute Gasteiger partial charge is 0.360 e. The van der Waals surface area contributed by atoms with Crippen molar-refractivity contribution in [2.45, 2.75) is 6.42 Å². The van der Waals surface area contributed by atoms with Crippen molar-refractivity contribution in [3.05, 3.63) is 48.2 Å². The Kier molecular flexibility index (Phi) is 2.97. The molecule has 0 radical (unpaired) electrons. The number of hydrogen-bond acceptors (Lipinski definition) is 3. The van der Waals surface area contributed by atoms with Gasteiger partial charge in [0.25, 0.3) is 5.91 Å². The standard InChI is InChI=1S/C13H13N5O/c19-13(14-6-5-12-16-8-17-18-12)10-7-15-11-4-2-1-3-9(10)11/h1-4,7-8,15H,5-6H2,(H,14,19)(H,16,17,18). The Morgan fingerprint density at radius 1 is 1.32 bits per heavy atom. The molecule has 19 heavy (non-hydrogen) atoms. The predicted molar refractivity (Wildman–Crippen MR) is 70.7 cm³/mol. The highest BCUT2D eigenvalue weighted by Crippen LogP contribution is 2.17. The third-order valence-electron chi connectivity index (χ3n) is 2.95. The van der Waals surface area contributed by atoms with Gasteiger partial charge in [-0.1, -0.05) is 18.2 Å². The van der Waals surface area contributed by atoms with Gasteiger partial charge in [0.1, 0.15) is 12.2 Å². The quantitative estimate of drug-likeness (QED) is 0.656. The van der Waals surface area contributed by atoms with Gasteiger partial charge in [-0.2, -0.15) is 5.10 Å². The van der Waals surface area contributed by atoms with Crippen molar-refractivity contribution in [1.82, 2.24) is 25.5 Å². The molecule has 2 heterocycles. The number of amides is 1. The Morgan fingerprint density at radius 3 is 3.05 bits per heavy atom. The molecule has 0 aliphatic carbocycles. The summed E-state index contributed by atoms with van der Waals surface area (Å²) in [6, 6.07) is 7.73. The lowest BCUT2D eigenvalue weighted by atomic mass is 10.1. The van der Waals surface area contributed by atoms with E-state index >= 15 is 0 Å². The van der Waals surface area contributed by atoms with Crippen LogP contribution in [0.15, 0.2) is 36.8 Å². The molecule has 0 fully saturated rings. The molecule has 0 saturated heterocycles. The van der Waals surface area contributed by atoms with Crippen LogP contribution in [0.2, 0.25) is 0 Å². The molecule has 1 aromatic carbocycles. The Labute approximate surface area is 109 Å². The number of aromatic nitrogens is 4. The Bertz CT molecular complexity index is 686. The van der Waals surface area contributed by atoms with E-state index in [1.165, 1.54) is 6.33 Å². The van der Waals surface area contributed by atoms with Crippen molar-refractivity contribution in [3.8, 4) is 0 Å². The molecule has 0 atom stereocenters. The number of H-pyrrole nitrogens is 2. The van der Waals surface area contributed by atoms with Crippen molar-refractivity contribution >= 4 is 16.8 Å². The minimum Gasteiger partial charge on any atom is -0.360 e. The minimum atomic E-state index is -0.0861. The number of aromatic amines is 2. The number of carbonyl (C=O) groups excluding carboxylic acids is 1. The number of para-hydroxylation sites is 1. The SMILES string of the molecule is O=C(NCCc1ncn[nH]1)c1c[nH]c2ccccc12. The molecule has 0 unspecified atom stereocenters. The molecule has 96 valence electrons. The third-order valence-corrected chi connectivity index (χ3v) is 2.95. The lowest BCUT2D eigenvalue weighted by Crippen LogP contribution is -2.25. The molecule has 6 heteroatoms. The second-order valence-corrected chi connectivity index (χ2v) is 4.19. The highest BCUT2D eigenvalue weighted by atomic mass is 16.1. The fourth-order valence-corrected chi connectivity index (χ4v) is 2.00. The second-order valence-electron chi connectivity index (χ2n) is 4.19. The molecular weight excluding hydrogens is 242 g/mol. The van der Waals surface area contributed by atoms with Gasteiger partial charge in [-0.05, 0) is 6.07 Å². The Balaban J connectivity index is 1.67. The minimum absolute atomic E-state index is 0.0861. The highest BCUT2D eigenvalue weighted by molar-refractivity contribution is 6.06. The molecule has 0 aliphatic rings. The summed E-state index contributed by atoms with van der Waals surface area (Å²) in [7, 11) is 0. The lowest BCUT2D eigenvalue weighted by molar-refractivity contribution is 0.0955. The van der Waals surface area contributed by atoms with Gasteiger partial charge in [0, 0.05) is 30.1 Å². The zero-order valence-corrected chi connectivity index (χ0v) is 10.2. The second kappa shape index (κ2) is 4.93. The first-order valence-electron chi connectivity index (χ1n) is 6.03. The van der Waals surface area contributed by atoms with Gasteiger partial charge < -0.3 is 10.3 Å². The normalized spacial score (nSPS) is 10.7. The van der Waals surface area contributed by atoms with Crippen LogP contribution in [0.4, 0.5) is 0 Å². The van der Waals surface area contributed by atoms with E-state index in [1.807, 2.05) is 24.3 Å². The van der Waals surface area contributed by atoms with Crippen molar-refractivity contribution < 1.29 is 4.79 Å². The van der Waals surface area contributed by atoms with E-state index in [4.69, 9.17) is 0 Å². The first-order valence-corrected chi connectivity index (χ1v) is 6.03. The molecule has 3 aromatic rings. The third kappa shape index (κ3) is 2.33. The number of carbonyl (C=O) groups is 1. The van der Waals surface area contributed by atoms with Crippen LogP contribution < -0.4 is 5.32 Å². The topological polar surface area (TPSA) is 86.5 Å². The van der Waals surface area contributed by atoms with E-state index in [-0.39, 0.29) is 5.91 Å². The molecule has 1 amide bonds. The summed E-state index contributed by atoms with van der Waals surface area (Å²) < 4.78 is 0. The van der Waals surface area contributed by atoms with Gasteiger partial charge in [0.05, 0.1) is 5.56 Å². The fourth-order valence-electron chi connectivity index (χ4n) is 2.00. The fraction of sp³-hybridized carbons (Fsp3) is 0.154. The van der Waals surface area contributed by atoms with E-state index in [2.05, 4.69) is 25.5 Å². The van der Waals surface area contributed by atoms with Crippen LogP contribution in [-0.2, 0) is 6.42 Å². The van der Waals surface area contributed by atoms with Crippen molar-refractivity contribution in [1.29, 1.82) is 0 Å². The molecule has 3 rings (SSSR count). The van der Waals surface area contributed by atoms with Gasteiger partial charge >= 0.3 is 0 Å². The number of nitrogens with zero attached hydrogens (tertiary/aromatic N) is 2. The maximum Gasteiger partial charge on any atom is 0.253 e. The van der Waals surface area contributed by atoms with E-state index in [9.17, 15) is 4.79 Å². The number of rotatable bonds is 4. The Morgan fingerprint density at radius 2 is 2.21 bits per heavy atom. The van der Waals surface area contributed by atoms with Crippen LogP contribution in [0.25, 0.3) is 10.9 Å². The molecule has 2 aromatic heterocycles. The molecule has 0 saturated carbocycles. The van der Waals surface area contributed by atoms with E-state index in [1.54, 1.807) is 6.20 Å². The lowest BCUT2D eigenvalue weighted by Gasteiger charge is -2.02. The van der Waals surface area contributed by atoms with Crippen LogP contribution in [0.5, 0.6) is 0 Å². The molecule has 6 nitrogen and oxygen atoms in total. The average molecular weight is 255 g/mol. The van der Waals surface area contributed by atoms with Crippen LogP contribution in [0, 0.1) is 0 Å². The van der Waals surface area contributed by atoms with Crippen molar-refractivity contribution in [2.24, 2.45) is 0 Å². The predicted octanol–water partition coefficient (Wildman–Crippen LogP) is 1.26. The van der Waals surface area contributed by atoms with Gasteiger partial charge in [-0.15, -0.1) is 0 Å². The van der Waals surface area contributed by atoms with Crippen LogP contribution >= 0.6 is 0 Å². The first kappa shape index (κ1) is 11.5. The number of nitrogens with one attached hydrogen (secondary N) is 3. The van der Waals surface area contributed by atoms with Crippen molar-refractivity contribution in [2.75, 3.05) is 6.54 Å². The monoisotopic (exact) mass is 255 g/mol. The van der Waals surface area contributed by atoms with E-state index in [0.29, 0.717) is 18.5 Å². The summed E-state index contributed by atoms with van der Waals surface area (Å²) in [5.74, 6) is 0.677. The molecule has 0 bridgehead atoms. The summed E-state index contributed by atoms with van der Waals surface area (Å²) in [6.45, 7) is 0.521. The maximum absolute atomic E-state index is 12.1. The van der Waals surface area contributed by atoms with Crippen LogP contribution in [-0.4, -0.2) is 32.6 Å². The Hall–Kier alpha value is -2.63. The molecular formula is C13H13N5O. The highest BCUT2D eigenvalue weighted by Gasteiger charge is 2.10. The van der Waals surface area contributed by atoms with Gasteiger partial charge in [0.2, 0.25) is 0 Å². The maximum atomic E-state index is 12.1. The zero-order chi connectivity index (χ0) is 13.1. The van der Waals surface area contributed by atoms with E-state index in [0.717, 1.165) is 16.7 Å². The first-order chi connectivity index (χ1) is 9.34. The summed E-state index contributed by atoms with van der Waals surface area (Å²) in [5, 5.41) is 10.3. The van der Waals surface area contributed by atoms with Crippen molar-refractivity contribution in [3.63, 3.8) is 0 Å². The smallest absolute Gasteiger partial charge is 0.253 e. The van der Waals surface area contributed by atoms with Crippen LogP contribution in [0.1, 0.15) is 16.2 Å². The molecule has 0 aliphatic heterocycles. The van der Waals surface area contributed by atoms with Gasteiger partial charge in [-0.25, -0.2) is 4.98 Å². The number of benzene rings is 1. The van der Waals surface area contributed by atoms with Gasteiger partial charge in [-0.3, -0.25) is 9.89 Å².